The lowest BCUT2D eigenvalue weighted by Gasteiger charge is -2.03. The SMILES string of the molecule is O=C(NCCCO)c1cc[n+](CC(=O)c2cccs2)cc1. The van der Waals surface area contributed by atoms with Crippen molar-refractivity contribution < 1.29 is 19.3 Å². The molecule has 2 aromatic rings. The number of hydrogen-bond acceptors (Lipinski definition) is 4. The number of aliphatic hydroxyl groups is 1. The first-order chi connectivity index (χ1) is 10.2. The zero-order chi connectivity index (χ0) is 15.1. The zero-order valence-electron chi connectivity index (χ0n) is 11.5. The molecule has 2 heterocycles. The van der Waals surface area contributed by atoms with Crippen LogP contribution in [0, 0.1) is 0 Å². The second kappa shape index (κ2) is 7.66. The number of hydrogen-bond donors (Lipinski definition) is 2. The van der Waals surface area contributed by atoms with Gasteiger partial charge in [0.2, 0.25) is 12.3 Å². The normalized spacial score (nSPS) is 10.3. The highest BCUT2D eigenvalue weighted by Crippen LogP contribution is 2.09. The topological polar surface area (TPSA) is 70.3 Å². The Morgan fingerprint density at radius 3 is 2.62 bits per heavy atom. The molecule has 2 N–H and O–H groups in total. The van der Waals surface area contributed by atoms with Crippen molar-refractivity contribution >= 4 is 23.0 Å². The number of thiophene rings is 1. The molecule has 0 saturated heterocycles. The van der Waals surface area contributed by atoms with E-state index in [4.69, 9.17) is 5.11 Å². The van der Waals surface area contributed by atoms with Crippen LogP contribution >= 0.6 is 11.3 Å². The summed E-state index contributed by atoms with van der Waals surface area (Å²) in [4.78, 5) is 24.5. The van der Waals surface area contributed by atoms with E-state index in [0.29, 0.717) is 18.5 Å². The third-order valence-electron chi connectivity index (χ3n) is 2.90. The molecular formula is C15H17N2O3S+. The van der Waals surface area contributed by atoms with Gasteiger partial charge in [-0.2, -0.15) is 4.57 Å². The number of ketones is 1. The van der Waals surface area contributed by atoms with Gasteiger partial charge in [-0.05, 0) is 17.9 Å². The van der Waals surface area contributed by atoms with Crippen LogP contribution in [0.25, 0.3) is 0 Å². The Morgan fingerprint density at radius 1 is 1.24 bits per heavy atom. The summed E-state index contributed by atoms with van der Waals surface area (Å²) in [6, 6.07) is 7.00. The molecule has 0 aliphatic carbocycles. The smallest absolute Gasteiger partial charge is 0.251 e. The van der Waals surface area contributed by atoms with E-state index in [9.17, 15) is 9.59 Å². The molecule has 0 spiro atoms. The van der Waals surface area contributed by atoms with Gasteiger partial charge < -0.3 is 10.4 Å². The second-order valence-electron chi connectivity index (χ2n) is 4.49. The second-order valence-corrected chi connectivity index (χ2v) is 5.44. The summed E-state index contributed by atoms with van der Waals surface area (Å²) in [5.74, 6) is -0.129. The van der Waals surface area contributed by atoms with E-state index in [-0.39, 0.29) is 24.8 Å². The molecule has 0 fully saturated rings. The molecule has 0 bridgehead atoms. The van der Waals surface area contributed by atoms with Crippen LogP contribution in [-0.4, -0.2) is 29.9 Å². The van der Waals surface area contributed by atoms with Gasteiger partial charge in [0.15, 0.2) is 12.4 Å². The summed E-state index contributed by atoms with van der Waals surface area (Å²) in [5, 5.41) is 13.2. The Balaban J connectivity index is 1.92. The first-order valence-corrected chi connectivity index (χ1v) is 7.53. The number of carbonyl (C=O) groups is 2. The molecule has 6 heteroatoms. The van der Waals surface area contributed by atoms with Crippen molar-refractivity contribution in [2.45, 2.75) is 13.0 Å². The molecule has 5 nitrogen and oxygen atoms in total. The molecule has 2 rings (SSSR count). The van der Waals surface area contributed by atoms with Crippen LogP contribution in [0.5, 0.6) is 0 Å². The maximum absolute atomic E-state index is 12.0. The number of nitrogens with zero attached hydrogens (tertiary/aromatic N) is 1. The summed E-state index contributed by atoms with van der Waals surface area (Å²) in [6.45, 7) is 0.758. The van der Waals surface area contributed by atoms with Gasteiger partial charge in [-0.3, -0.25) is 9.59 Å². The fourth-order valence-electron chi connectivity index (χ4n) is 1.78. The fraction of sp³-hybridized carbons (Fsp3) is 0.267. The predicted octanol–water partition coefficient (Wildman–Crippen LogP) is 1.03. The Labute approximate surface area is 126 Å². The molecular weight excluding hydrogens is 288 g/mol. The molecule has 21 heavy (non-hydrogen) atoms. The van der Waals surface area contributed by atoms with E-state index < -0.39 is 0 Å². The van der Waals surface area contributed by atoms with Gasteiger partial charge >= 0.3 is 0 Å². The van der Waals surface area contributed by atoms with Crippen molar-refractivity contribution in [2.75, 3.05) is 13.2 Å². The standard InChI is InChI=1S/C15H16N2O3S/c18-9-2-6-16-15(20)12-4-7-17(8-5-12)11-13(19)14-3-1-10-21-14/h1,3-5,7-8,10,18H,2,6,9,11H2/p+1. The van der Waals surface area contributed by atoms with Gasteiger partial charge in [-0.25, -0.2) is 0 Å². The maximum Gasteiger partial charge on any atom is 0.251 e. The van der Waals surface area contributed by atoms with Crippen molar-refractivity contribution in [3.63, 3.8) is 0 Å². The number of amides is 1. The summed E-state index contributed by atoms with van der Waals surface area (Å²) in [7, 11) is 0. The minimum Gasteiger partial charge on any atom is -0.396 e. The lowest BCUT2D eigenvalue weighted by molar-refractivity contribution is -0.683. The van der Waals surface area contributed by atoms with E-state index in [2.05, 4.69) is 5.32 Å². The minimum absolute atomic E-state index is 0.0511. The predicted molar refractivity (Wildman–Crippen MR) is 79.3 cm³/mol. The van der Waals surface area contributed by atoms with Crippen LogP contribution in [-0.2, 0) is 6.54 Å². The van der Waals surface area contributed by atoms with E-state index in [0.717, 1.165) is 4.88 Å². The zero-order valence-corrected chi connectivity index (χ0v) is 12.3. The van der Waals surface area contributed by atoms with E-state index in [1.807, 2.05) is 11.4 Å². The molecule has 2 aromatic heterocycles. The van der Waals surface area contributed by atoms with E-state index >= 15 is 0 Å². The highest BCUT2D eigenvalue weighted by Gasteiger charge is 2.14. The number of aromatic nitrogens is 1. The molecule has 0 aliphatic heterocycles. The van der Waals surface area contributed by atoms with Gasteiger partial charge in [-0.1, -0.05) is 6.07 Å². The highest BCUT2D eigenvalue weighted by molar-refractivity contribution is 7.12. The van der Waals surface area contributed by atoms with Crippen molar-refractivity contribution in [2.24, 2.45) is 0 Å². The van der Waals surface area contributed by atoms with Gasteiger partial charge in [-0.15, -0.1) is 11.3 Å². The first-order valence-electron chi connectivity index (χ1n) is 6.65. The van der Waals surface area contributed by atoms with Crippen LogP contribution in [0.4, 0.5) is 0 Å². The van der Waals surface area contributed by atoms with Gasteiger partial charge in [0.05, 0.1) is 10.4 Å². The third kappa shape index (κ3) is 4.47. The van der Waals surface area contributed by atoms with Crippen LogP contribution in [0.3, 0.4) is 0 Å². The first kappa shape index (κ1) is 15.3. The lowest BCUT2D eigenvalue weighted by Crippen LogP contribution is -2.37. The van der Waals surface area contributed by atoms with Gasteiger partial charge in [0, 0.05) is 25.3 Å². The van der Waals surface area contributed by atoms with E-state index in [1.165, 1.54) is 11.3 Å². The number of aliphatic hydroxyl groups excluding tert-OH is 1. The Hall–Kier alpha value is -2.05. The quantitative estimate of drug-likeness (QED) is 0.456. The Kier molecular flexibility index (Phi) is 5.59. The Morgan fingerprint density at radius 2 is 2.00 bits per heavy atom. The average Bonchev–Trinajstić information content (AvgIpc) is 3.02. The summed E-state index contributed by atoms with van der Waals surface area (Å²) in [6.07, 6.45) is 3.97. The van der Waals surface area contributed by atoms with E-state index in [1.54, 1.807) is 35.2 Å². The number of pyridine rings is 1. The third-order valence-corrected chi connectivity index (χ3v) is 3.81. The van der Waals surface area contributed by atoms with Crippen LogP contribution in [0.15, 0.2) is 42.0 Å². The number of nitrogens with one attached hydrogen (secondary N) is 1. The highest BCUT2D eigenvalue weighted by atomic mass is 32.1. The minimum atomic E-state index is -0.180. The van der Waals surface area contributed by atoms with Gasteiger partial charge in [0.25, 0.3) is 5.91 Å². The van der Waals surface area contributed by atoms with Crippen LogP contribution in [0.1, 0.15) is 26.5 Å². The molecule has 0 saturated carbocycles. The lowest BCUT2D eigenvalue weighted by atomic mass is 10.2. The summed E-state index contributed by atoms with van der Waals surface area (Å²) < 4.78 is 1.74. The number of Topliss-reactive ketones (excluding diaryl/α,β-unsaturated/α-hetero) is 1. The average molecular weight is 305 g/mol. The monoisotopic (exact) mass is 305 g/mol. The molecule has 110 valence electrons. The van der Waals surface area contributed by atoms with Crippen molar-refractivity contribution in [1.29, 1.82) is 0 Å². The van der Waals surface area contributed by atoms with Crippen LogP contribution < -0.4 is 9.88 Å². The molecule has 0 aliphatic rings. The van der Waals surface area contributed by atoms with Gasteiger partial charge in [0.1, 0.15) is 0 Å². The molecule has 0 unspecified atom stereocenters. The number of carbonyl (C=O) groups excluding carboxylic acids is 2. The molecule has 0 atom stereocenters. The maximum atomic E-state index is 12.0. The number of rotatable bonds is 7. The van der Waals surface area contributed by atoms with Crippen molar-refractivity contribution in [3.05, 3.63) is 52.5 Å². The molecule has 0 radical (unpaired) electrons. The summed E-state index contributed by atoms with van der Waals surface area (Å²) in [5.41, 5.74) is 0.535. The summed E-state index contributed by atoms with van der Waals surface area (Å²) >= 11 is 1.42. The molecule has 0 aromatic carbocycles. The van der Waals surface area contributed by atoms with Crippen LogP contribution in [0.2, 0.25) is 0 Å². The fourth-order valence-corrected chi connectivity index (χ4v) is 2.43. The largest absolute Gasteiger partial charge is 0.396 e. The van der Waals surface area contributed by atoms with Crippen molar-refractivity contribution in [1.82, 2.24) is 5.32 Å². The Bertz CT molecular complexity index is 594. The molecule has 1 amide bonds. The van der Waals surface area contributed by atoms with Crippen molar-refractivity contribution in [3.8, 4) is 0 Å².